The lowest BCUT2D eigenvalue weighted by molar-refractivity contribution is -0.143. The van der Waals surface area contributed by atoms with E-state index in [2.05, 4.69) is 40.9 Å². The number of nitrogens with two attached hydrogens (primary N) is 3. The Kier molecular flexibility index (Phi) is 12.7. The van der Waals surface area contributed by atoms with E-state index in [0.29, 0.717) is 17.8 Å². The molecule has 0 aliphatic carbocycles. The van der Waals surface area contributed by atoms with Gasteiger partial charge in [0.25, 0.3) is 0 Å². The molecule has 0 spiro atoms. The first-order valence-corrected chi connectivity index (χ1v) is 12.6. The van der Waals surface area contributed by atoms with Crippen LogP contribution in [0.25, 0.3) is 0 Å². The molecule has 0 aliphatic heterocycles. The molecule has 4 unspecified atom stereocenters. The van der Waals surface area contributed by atoms with Crippen LogP contribution in [-0.4, -0.2) is 96.5 Å². The number of guanidine groups is 1. The van der Waals surface area contributed by atoms with E-state index in [0.717, 1.165) is 0 Å². The topological polar surface area (TPSA) is 310 Å². The minimum atomic E-state index is -1.52. The molecule has 3 amide bonds. The minimum absolute atomic E-state index is 0.0347. The van der Waals surface area contributed by atoms with Crippen LogP contribution < -0.4 is 33.2 Å². The quantitative estimate of drug-likeness (QED) is 0.0473. The van der Waals surface area contributed by atoms with Gasteiger partial charge in [0.05, 0.1) is 18.7 Å². The van der Waals surface area contributed by atoms with Gasteiger partial charge in [-0.05, 0) is 19.3 Å². The molecule has 18 nitrogen and oxygen atoms in total. The second-order valence-corrected chi connectivity index (χ2v) is 9.07. The zero-order valence-corrected chi connectivity index (χ0v) is 22.1. The van der Waals surface area contributed by atoms with Crippen molar-refractivity contribution in [3.8, 4) is 0 Å². The highest BCUT2D eigenvalue weighted by molar-refractivity contribution is 5.94. The average Bonchev–Trinajstić information content (AvgIpc) is 3.62. The molecule has 0 bridgehead atoms. The van der Waals surface area contributed by atoms with Crippen molar-refractivity contribution in [3.05, 3.63) is 36.4 Å². The van der Waals surface area contributed by atoms with E-state index in [1.807, 2.05) is 0 Å². The summed E-state index contributed by atoms with van der Waals surface area (Å²) in [7, 11) is 0. The molecule has 224 valence electrons. The van der Waals surface area contributed by atoms with Crippen LogP contribution in [0, 0.1) is 0 Å². The Labute approximate surface area is 234 Å². The Morgan fingerprint density at radius 3 is 1.78 bits per heavy atom. The van der Waals surface area contributed by atoms with Gasteiger partial charge in [0.1, 0.15) is 18.1 Å². The highest BCUT2D eigenvalue weighted by atomic mass is 16.4. The van der Waals surface area contributed by atoms with Gasteiger partial charge in [-0.15, -0.1) is 0 Å². The molecule has 13 N–H and O–H groups in total. The van der Waals surface area contributed by atoms with Crippen LogP contribution in [0.3, 0.4) is 0 Å². The van der Waals surface area contributed by atoms with E-state index in [4.69, 9.17) is 22.3 Å². The molecule has 0 aromatic carbocycles. The van der Waals surface area contributed by atoms with Crippen LogP contribution in [0.5, 0.6) is 0 Å². The summed E-state index contributed by atoms with van der Waals surface area (Å²) < 4.78 is 0. The first-order valence-electron chi connectivity index (χ1n) is 12.6. The van der Waals surface area contributed by atoms with E-state index in [9.17, 15) is 29.1 Å². The highest BCUT2D eigenvalue weighted by Gasteiger charge is 2.31. The fourth-order valence-corrected chi connectivity index (χ4v) is 3.65. The molecule has 0 fully saturated rings. The van der Waals surface area contributed by atoms with Gasteiger partial charge >= 0.3 is 11.9 Å². The number of carboxylic acids is 2. The number of aliphatic carboxylic acids is 2. The number of aromatic nitrogens is 4. The lowest BCUT2D eigenvalue weighted by Gasteiger charge is -2.25. The molecule has 0 saturated carbocycles. The molecular weight excluding hydrogens is 542 g/mol. The summed E-state index contributed by atoms with van der Waals surface area (Å²) in [6.45, 7) is 0.259. The van der Waals surface area contributed by atoms with Crippen LogP contribution in [0.2, 0.25) is 0 Å². The third-order valence-corrected chi connectivity index (χ3v) is 5.79. The number of rotatable bonds is 18. The lowest BCUT2D eigenvalue weighted by atomic mass is 10.1. The smallest absolute Gasteiger partial charge is 0.326 e. The summed E-state index contributed by atoms with van der Waals surface area (Å²) in [4.78, 5) is 79.0. The molecule has 0 radical (unpaired) electrons. The van der Waals surface area contributed by atoms with Crippen LogP contribution in [-0.2, 0) is 36.8 Å². The van der Waals surface area contributed by atoms with Gasteiger partial charge in [0.15, 0.2) is 5.96 Å². The van der Waals surface area contributed by atoms with E-state index < -0.39 is 60.2 Å². The molecule has 18 heteroatoms. The van der Waals surface area contributed by atoms with E-state index in [1.54, 1.807) is 0 Å². The fraction of sp³-hybridized carbons (Fsp3) is 0.478. The molecule has 4 atom stereocenters. The summed E-state index contributed by atoms with van der Waals surface area (Å²) in [5, 5.41) is 25.7. The lowest BCUT2D eigenvalue weighted by Crippen LogP contribution is -2.58. The number of carbonyl (C=O) groups excluding carboxylic acids is 3. The number of nitrogens with zero attached hydrogens (tertiary/aromatic N) is 3. The zero-order valence-electron chi connectivity index (χ0n) is 22.1. The molecule has 41 heavy (non-hydrogen) atoms. The van der Waals surface area contributed by atoms with Crippen molar-refractivity contribution >= 4 is 35.6 Å². The minimum Gasteiger partial charge on any atom is -0.481 e. The van der Waals surface area contributed by atoms with Crippen molar-refractivity contribution < 1.29 is 34.2 Å². The molecule has 2 aromatic rings. The Hall–Kier alpha value is -5.00. The van der Waals surface area contributed by atoms with E-state index in [-0.39, 0.29) is 38.2 Å². The number of nitrogens with one attached hydrogen (secondary N) is 5. The van der Waals surface area contributed by atoms with Gasteiger partial charge < -0.3 is 53.3 Å². The first kappa shape index (κ1) is 32.2. The van der Waals surface area contributed by atoms with Gasteiger partial charge in [-0.3, -0.25) is 24.2 Å². The van der Waals surface area contributed by atoms with E-state index in [1.165, 1.54) is 25.0 Å². The fourth-order valence-electron chi connectivity index (χ4n) is 3.65. The SMILES string of the molecule is NC(N)=NCCCC(N)C(=O)NC(Cc1cnc[nH]1)C(=O)NC(Cc1cnc[nH]1)C(=O)NC(CCC(=O)O)C(=O)O. The molecule has 2 aromatic heterocycles. The van der Waals surface area contributed by atoms with E-state index >= 15 is 0 Å². The Bertz CT molecular complexity index is 1180. The molecule has 0 aliphatic rings. The molecular formula is C23H35N11O7. The maximum Gasteiger partial charge on any atom is 0.326 e. The third-order valence-electron chi connectivity index (χ3n) is 5.79. The van der Waals surface area contributed by atoms with Crippen LogP contribution >= 0.6 is 0 Å². The summed E-state index contributed by atoms with van der Waals surface area (Å²) in [6.07, 6.45) is 5.22. The van der Waals surface area contributed by atoms with Crippen molar-refractivity contribution in [1.29, 1.82) is 0 Å². The predicted molar refractivity (Wildman–Crippen MR) is 143 cm³/mol. The number of imidazole rings is 2. The Morgan fingerprint density at radius 1 is 0.829 bits per heavy atom. The zero-order chi connectivity index (χ0) is 30.4. The summed E-state index contributed by atoms with van der Waals surface area (Å²) in [5.41, 5.74) is 17.5. The van der Waals surface area contributed by atoms with Crippen molar-refractivity contribution in [2.75, 3.05) is 6.54 Å². The Morgan fingerprint density at radius 2 is 1.34 bits per heavy atom. The van der Waals surface area contributed by atoms with Gasteiger partial charge in [0, 0.05) is 49.6 Å². The molecule has 2 heterocycles. The van der Waals surface area contributed by atoms with Gasteiger partial charge in [-0.25, -0.2) is 14.8 Å². The van der Waals surface area contributed by atoms with Crippen molar-refractivity contribution in [3.63, 3.8) is 0 Å². The van der Waals surface area contributed by atoms with Crippen LogP contribution in [0.4, 0.5) is 0 Å². The Balaban J connectivity index is 2.18. The van der Waals surface area contributed by atoms with Crippen molar-refractivity contribution in [2.45, 2.75) is 62.7 Å². The maximum atomic E-state index is 13.4. The number of carbonyl (C=O) groups is 5. The maximum absolute atomic E-state index is 13.4. The third kappa shape index (κ3) is 11.7. The monoisotopic (exact) mass is 577 g/mol. The molecule has 0 saturated heterocycles. The predicted octanol–water partition coefficient (Wildman–Crippen LogP) is -3.30. The van der Waals surface area contributed by atoms with Gasteiger partial charge in [0.2, 0.25) is 17.7 Å². The van der Waals surface area contributed by atoms with Gasteiger partial charge in [-0.2, -0.15) is 0 Å². The summed E-state index contributed by atoms with van der Waals surface area (Å²) in [6, 6.07) is -5.02. The second kappa shape index (κ2) is 16.2. The first-order chi connectivity index (χ1) is 19.5. The number of carboxylic acid groups (broad SMARTS) is 2. The summed E-state index contributed by atoms with van der Waals surface area (Å²) >= 11 is 0. The standard InChI is InChI=1S/C23H35N11O7/c24-14(2-1-5-29-23(25)26)19(37)33-16(6-12-8-27-10-30-12)21(39)34-17(7-13-9-28-11-31-13)20(38)32-15(22(40)41)3-4-18(35)36/h8-11,14-17H,1-7,24H2,(H,27,30)(H,28,31)(H,32,38)(H,33,37)(H,34,39)(H,35,36)(H,40,41)(H4,25,26,29). The number of aliphatic imine (C=N–C) groups is 1. The van der Waals surface area contributed by atoms with Crippen molar-refractivity contribution in [1.82, 2.24) is 35.9 Å². The number of hydrogen-bond acceptors (Lipinski definition) is 9. The second-order valence-electron chi connectivity index (χ2n) is 9.07. The van der Waals surface area contributed by atoms with Crippen LogP contribution in [0.1, 0.15) is 37.1 Å². The van der Waals surface area contributed by atoms with Crippen molar-refractivity contribution in [2.24, 2.45) is 22.2 Å². The number of hydrogen-bond donors (Lipinski definition) is 10. The normalized spacial score (nSPS) is 13.7. The number of H-pyrrole nitrogens is 2. The number of amides is 3. The number of aromatic amines is 2. The highest BCUT2D eigenvalue weighted by Crippen LogP contribution is 2.06. The molecule has 2 rings (SSSR count). The van der Waals surface area contributed by atoms with Crippen LogP contribution in [0.15, 0.2) is 30.0 Å². The largest absolute Gasteiger partial charge is 0.481 e. The average molecular weight is 578 g/mol. The van der Waals surface area contributed by atoms with Gasteiger partial charge in [-0.1, -0.05) is 0 Å². The summed E-state index contributed by atoms with van der Waals surface area (Å²) in [5.74, 6) is -5.05.